The molecule has 2 aliphatic heterocycles. The van der Waals surface area contributed by atoms with Gasteiger partial charge in [0.05, 0.1) is 13.2 Å². The molecule has 0 amide bonds. The van der Waals surface area contributed by atoms with Crippen molar-refractivity contribution in [2.45, 2.75) is 18.8 Å². The highest BCUT2D eigenvalue weighted by Gasteiger charge is 2.23. The minimum atomic E-state index is 0.166. The molecule has 2 atom stereocenters. The first-order valence-electron chi connectivity index (χ1n) is 7.03. The summed E-state index contributed by atoms with van der Waals surface area (Å²) in [6.45, 7) is 2.31. The smallest absolute Gasteiger partial charge is 0.129 e. The summed E-state index contributed by atoms with van der Waals surface area (Å²) in [5.74, 6) is 0.894. The predicted octanol–water partition coefficient (Wildman–Crippen LogP) is 2.78. The molecule has 0 bridgehead atoms. The highest BCUT2D eigenvalue weighted by atomic mass is 16.6. The van der Waals surface area contributed by atoms with E-state index in [1.54, 1.807) is 0 Å². The monoisotopic (exact) mass is 271 g/mol. The van der Waals surface area contributed by atoms with Crippen molar-refractivity contribution in [3.05, 3.63) is 36.4 Å². The van der Waals surface area contributed by atoms with Gasteiger partial charge >= 0.3 is 0 Å². The number of hydrogen-bond donors (Lipinski definition) is 1. The van der Waals surface area contributed by atoms with Gasteiger partial charge in [-0.1, -0.05) is 12.1 Å². The topological polar surface area (TPSA) is 43.0 Å². The van der Waals surface area contributed by atoms with Gasteiger partial charge < -0.3 is 19.5 Å². The Kier molecular flexibility index (Phi) is 2.98. The van der Waals surface area contributed by atoms with Crippen LogP contribution in [0.2, 0.25) is 0 Å². The molecule has 2 fully saturated rings. The maximum atomic E-state index is 5.72. The van der Waals surface area contributed by atoms with Crippen LogP contribution in [0.25, 0.3) is 10.8 Å². The summed E-state index contributed by atoms with van der Waals surface area (Å²) in [6.07, 6.45) is 1.52. The summed E-state index contributed by atoms with van der Waals surface area (Å²) in [6, 6.07) is 12.5. The van der Waals surface area contributed by atoms with Crippen LogP contribution in [0.5, 0.6) is 5.75 Å². The van der Waals surface area contributed by atoms with E-state index in [1.807, 2.05) is 6.07 Å². The molecule has 2 unspecified atom stereocenters. The fourth-order valence-electron chi connectivity index (χ4n) is 2.29. The molecule has 4 rings (SSSR count). The average molecular weight is 271 g/mol. The van der Waals surface area contributed by atoms with Gasteiger partial charge in [-0.05, 0) is 35.0 Å². The Labute approximate surface area is 117 Å². The van der Waals surface area contributed by atoms with Crippen LogP contribution in [0, 0.1) is 0 Å². The summed E-state index contributed by atoms with van der Waals surface area (Å²) in [7, 11) is 0. The first kappa shape index (κ1) is 12.0. The van der Waals surface area contributed by atoms with Crippen LogP contribution < -0.4 is 10.1 Å². The Bertz CT molecular complexity index is 620. The van der Waals surface area contributed by atoms with Crippen LogP contribution in [-0.4, -0.2) is 32.2 Å². The molecular formula is C16H17NO3. The van der Waals surface area contributed by atoms with Crippen LogP contribution >= 0.6 is 0 Å². The van der Waals surface area contributed by atoms with Gasteiger partial charge in [-0.2, -0.15) is 0 Å². The zero-order valence-electron chi connectivity index (χ0n) is 11.2. The molecule has 104 valence electrons. The molecule has 4 heteroatoms. The van der Waals surface area contributed by atoms with Crippen molar-refractivity contribution in [1.82, 2.24) is 0 Å². The summed E-state index contributed by atoms with van der Waals surface area (Å²) in [4.78, 5) is 0. The van der Waals surface area contributed by atoms with E-state index < -0.39 is 0 Å². The van der Waals surface area contributed by atoms with Gasteiger partial charge in [0.2, 0.25) is 0 Å². The molecule has 0 aromatic heterocycles. The number of ether oxygens (including phenoxy) is 3. The SMILES string of the molecule is c1cc2ccc(OCC3CO3)cc2cc1NC1CCO1. The second-order valence-corrected chi connectivity index (χ2v) is 5.28. The second-order valence-electron chi connectivity index (χ2n) is 5.28. The molecule has 2 aromatic rings. The van der Waals surface area contributed by atoms with E-state index >= 15 is 0 Å². The van der Waals surface area contributed by atoms with Crippen molar-refractivity contribution in [1.29, 1.82) is 0 Å². The first-order chi connectivity index (χ1) is 9.87. The predicted molar refractivity (Wildman–Crippen MR) is 77.2 cm³/mol. The molecule has 0 aliphatic carbocycles. The average Bonchev–Trinajstić information content (AvgIpc) is 3.24. The van der Waals surface area contributed by atoms with E-state index in [9.17, 15) is 0 Å². The van der Waals surface area contributed by atoms with Crippen LogP contribution in [-0.2, 0) is 9.47 Å². The Morgan fingerprint density at radius 2 is 1.95 bits per heavy atom. The third-order valence-electron chi connectivity index (χ3n) is 3.68. The van der Waals surface area contributed by atoms with Crippen LogP contribution in [0.4, 0.5) is 5.69 Å². The molecule has 2 aliphatic rings. The van der Waals surface area contributed by atoms with E-state index in [0.29, 0.717) is 6.61 Å². The molecule has 2 aromatic carbocycles. The van der Waals surface area contributed by atoms with Gasteiger partial charge in [0.1, 0.15) is 24.7 Å². The zero-order valence-corrected chi connectivity index (χ0v) is 11.2. The van der Waals surface area contributed by atoms with E-state index in [0.717, 1.165) is 31.1 Å². The quantitative estimate of drug-likeness (QED) is 0.849. The molecule has 0 radical (unpaired) electrons. The first-order valence-corrected chi connectivity index (χ1v) is 7.03. The largest absolute Gasteiger partial charge is 0.491 e. The second kappa shape index (κ2) is 4.96. The highest BCUT2D eigenvalue weighted by Crippen LogP contribution is 2.26. The Hall–Kier alpha value is -1.78. The van der Waals surface area contributed by atoms with Crippen LogP contribution in [0.1, 0.15) is 6.42 Å². The van der Waals surface area contributed by atoms with Gasteiger partial charge in [0.25, 0.3) is 0 Å². The fraction of sp³-hybridized carbons (Fsp3) is 0.375. The molecule has 4 nitrogen and oxygen atoms in total. The summed E-state index contributed by atoms with van der Waals surface area (Å²) in [5, 5.41) is 5.75. The van der Waals surface area contributed by atoms with Gasteiger partial charge in [-0.15, -0.1) is 0 Å². The van der Waals surface area contributed by atoms with Crippen molar-refractivity contribution in [2.75, 3.05) is 25.1 Å². The van der Waals surface area contributed by atoms with Crippen molar-refractivity contribution < 1.29 is 14.2 Å². The van der Waals surface area contributed by atoms with Crippen LogP contribution in [0.3, 0.4) is 0 Å². The van der Waals surface area contributed by atoms with Gasteiger partial charge in [-0.3, -0.25) is 0 Å². The van der Waals surface area contributed by atoms with Crippen LogP contribution in [0.15, 0.2) is 36.4 Å². The standard InChI is InChI=1S/C16H17NO3/c1-3-13(17-16-5-6-18-16)7-12-8-14(4-2-11(1)12)19-9-15-10-20-15/h1-4,7-8,15-17H,5-6,9-10H2. The number of nitrogens with one attached hydrogen (secondary N) is 1. The fourth-order valence-corrected chi connectivity index (χ4v) is 2.29. The Morgan fingerprint density at radius 3 is 2.70 bits per heavy atom. The molecule has 2 heterocycles. The minimum Gasteiger partial charge on any atom is -0.491 e. The van der Waals surface area contributed by atoms with Crippen molar-refractivity contribution >= 4 is 16.5 Å². The van der Waals surface area contributed by atoms with Gasteiger partial charge in [0, 0.05) is 12.1 Å². The van der Waals surface area contributed by atoms with Crippen molar-refractivity contribution in [3.8, 4) is 5.75 Å². The number of rotatable bonds is 5. The Morgan fingerprint density at radius 1 is 1.10 bits per heavy atom. The van der Waals surface area contributed by atoms with Gasteiger partial charge in [-0.25, -0.2) is 0 Å². The number of benzene rings is 2. The minimum absolute atomic E-state index is 0.166. The molecule has 20 heavy (non-hydrogen) atoms. The molecule has 0 saturated carbocycles. The van der Waals surface area contributed by atoms with E-state index in [1.165, 1.54) is 10.8 Å². The molecule has 1 N–H and O–H groups in total. The number of hydrogen-bond acceptors (Lipinski definition) is 4. The summed E-state index contributed by atoms with van der Waals surface area (Å²) >= 11 is 0. The van der Waals surface area contributed by atoms with E-state index in [2.05, 4.69) is 35.6 Å². The zero-order chi connectivity index (χ0) is 13.4. The number of epoxide rings is 1. The third-order valence-corrected chi connectivity index (χ3v) is 3.68. The van der Waals surface area contributed by atoms with Crippen molar-refractivity contribution in [2.24, 2.45) is 0 Å². The maximum Gasteiger partial charge on any atom is 0.129 e. The summed E-state index contributed by atoms with van der Waals surface area (Å²) < 4.78 is 16.3. The van der Waals surface area contributed by atoms with Crippen molar-refractivity contribution in [3.63, 3.8) is 0 Å². The van der Waals surface area contributed by atoms with E-state index in [4.69, 9.17) is 14.2 Å². The molecule has 0 spiro atoms. The molecule has 2 saturated heterocycles. The lowest BCUT2D eigenvalue weighted by atomic mass is 10.1. The molecular weight excluding hydrogens is 254 g/mol. The lowest BCUT2D eigenvalue weighted by Crippen LogP contribution is -2.34. The Balaban J connectivity index is 1.53. The maximum absolute atomic E-state index is 5.72. The lowest BCUT2D eigenvalue weighted by Gasteiger charge is -2.28. The summed E-state index contributed by atoms with van der Waals surface area (Å²) in [5.41, 5.74) is 1.09. The van der Waals surface area contributed by atoms with Gasteiger partial charge in [0.15, 0.2) is 0 Å². The third kappa shape index (κ3) is 2.57. The normalized spacial score (nSPS) is 24.2. The highest BCUT2D eigenvalue weighted by molar-refractivity contribution is 5.87. The lowest BCUT2D eigenvalue weighted by molar-refractivity contribution is -0.0313. The number of anilines is 1. The van der Waals surface area contributed by atoms with E-state index in [-0.39, 0.29) is 12.3 Å². The number of fused-ring (bicyclic) bond motifs is 1.